The van der Waals surface area contributed by atoms with Crippen LogP contribution >= 0.6 is 0 Å². The van der Waals surface area contributed by atoms with E-state index in [0.717, 1.165) is 18.8 Å². The third-order valence-electron chi connectivity index (χ3n) is 2.82. The first-order chi connectivity index (χ1) is 6.71. The number of rotatable bonds is 1. The molecule has 0 aromatic rings. The van der Waals surface area contributed by atoms with Crippen LogP contribution in [0.15, 0.2) is 16.8 Å². The van der Waals surface area contributed by atoms with Crippen LogP contribution in [0.5, 0.6) is 0 Å². The van der Waals surface area contributed by atoms with Crippen molar-refractivity contribution in [2.45, 2.75) is 32.1 Å². The summed E-state index contributed by atoms with van der Waals surface area (Å²) in [6, 6.07) is 0. The lowest BCUT2D eigenvalue weighted by atomic mass is 10.1. The average molecular weight is 194 g/mol. The average Bonchev–Trinajstić information content (AvgIpc) is 2.19. The number of hydrogen-bond acceptors (Lipinski definition) is 4. The molecule has 14 heavy (non-hydrogen) atoms. The molecule has 2 aliphatic heterocycles. The first-order valence-corrected chi connectivity index (χ1v) is 5.25. The molecule has 1 fully saturated rings. The molecule has 0 aromatic heterocycles. The summed E-state index contributed by atoms with van der Waals surface area (Å²) in [4.78, 5) is 6.54. The summed E-state index contributed by atoms with van der Waals surface area (Å²) in [6.07, 6.45) is 7.48. The molecular formula is C10H18N4. The summed E-state index contributed by atoms with van der Waals surface area (Å²) in [5.41, 5.74) is 7.28. The van der Waals surface area contributed by atoms with Crippen LogP contribution in [0.25, 0.3) is 0 Å². The Morgan fingerprint density at radius 3 is 2.79 bits per heavy atom. The molecule has 1 atom stereocenters. The molecule has 0 spiro atoms. The monoisotopic (exact) mass is 194 g/mol. The maximum atomic E-state index is 6.20. The Hall–Kier alpha value is -0.870. The first kappa shape index (κ1) is 9.68. The van der Waals surface area contributed by atoms with E-state index in [9.17, 15) is 0 Å². The number of piperidine rings is 1. The van der Waals surface area contributed by atoms with Gasteiger partial charge in [-0.25, -0.2) is 9.89 Å². The summed E-state index contributed by atoms with van der Waals surface area (Å²) in [5, 5.41) is 3.23. The molecule has 4 heteroatoms. The van der Waals surface area contributed by atoms with Crippen LogP contribution in [0.1, 0.15) is 26.2 Å². The number of aliphatic imine (C=N–C) groups is 1. The Kier molecular flexibility index (Phi) is 2.56. The minimum atomic E-state index is -0.695. The van der Waals surface area contributed by atoms with E-state index in [0.29, 0.717) is 0 Å². The van der Waals surface area contributed by atoms with Crippen molar-refractivity contribution in [2.75, 3.05) is 13.1 Å². The Bertz CT molecular complexity index is 265. The summed E-state index contributed by atoms with van der Waals surface area (Å²) in [5.74, 6) is -0.695. The maximum absolute atomic E-state index is 6.20. The quantitative estimate of drug-likeness (QED) is 0.643. The van der Waals surface area contributed by atoms with Gasteiger partial charge in [0.15, 0.2) is 0 Å². The van der Waals surface area contributed by atoms with Crippen LogP contribution in [-0.2, 0) is 0 Å². The molecule has 2 heterocycles. The van der Waals surface area contributed by atoms with Crippen molar-refractivity contribution in [3.05, 3.63) is 11.8 Å². The Morgan fingerprint density at radius 1 is 1.43 bits per heavy atom. The molecule has 2 aliphatic rings. The summed E-state index contributed by atoms with van der Waals surface area (Å²) >= 11 is 0. The van der Waals surface area contributed by atoms with E-state index in [1.54, 1.807) is 6.21 Å². The second kappa shape index (κ2) is 3.71. The molecule has 78 valence electrons. The number of nitrogens with one attached hydrogen (secondary N) is 1. The van der Waals surface area contributed by atoms with Crippen molar-refractivity contribution in [1.82, 2.24) is 10.2 Å². The number of hydrogen-bond donors (Lipinski definition) is 2. The molecule has 1 unspecified atom stereocenters. The van der Waals surface area contributed by atoms with Gasteiger partial charge in [0.05, 0.1) is 0 Å². The van der Waals surface area contributed by atoms with Gasteiger partial charge in [0, 0.05) is 25.0 Å². The van der Waals surface area contributed by atoms with E-state index >= 15 is 0 Å². The summed E-state index contributed by atoms with van der Waals surface area (Å²) < 4.78 is 0. The fourth-order valence-electron chi connectivity index (χ4n) is 2.02. The Balaban J connectivity index is 2.08. The highest BCUT2D eigenvalue weighted by Crippen LogP contribution is 2.18. The molecule has 0 aromatic carbocycles. The molecule has 0 amide bonds. The minimum Gasteiger partial charge on any atom is -0.340 e. The third kappa shape index (κ3) is 1.81. The molecule has 0 bridgehead atoms. The van der Waals surface area contributed by atoms with E-state index < -0.39 is 5.91 Å². The fraction of sp³-hybridized carbons (Fsp3) is 0.700. The van der Waals surface area contributed by atoms with Gasteiger partial charge in [0.25, 0.3) is 0 Å². The van der Waals surface area contributed by atoms with E-state index in [1.807, 2.05) is 13.0 Å². The van der Waals surface area contributed by atoms with E-state index in [1.165, 1.54) is 19.3 Å². The number of likely N-dealkylation sites (tertiary alicyclic amines) is 1. The van der Waals surface area contributed by atoms with Crippen molar-refractivity contribution >= 4 is 6.21 Å². The topological polar surface area (TPSA) is 53.6 Å². The van der Waals surface area contributed by atoms with E-state index in [2.05, 4.69) is 15.2 Å². The zero-order valence-corrected chi connectivity index (χ0v) is 8.66. The van der Waals surface area contributed by atoms with E-state index in [-0.39, 0.29) is 0 Å². The predicted molar refractivity (Wildman–Crippen MR) is 57.7 cm³/mol. The zero-order valence-electron chi connectivity index (χ0n) is 8.66. The van der Waals surface area contributed by atoms with Gasteiger partial charge in [0.1, 0.15) is 0 Å². The van der Waals surface area contributed by atoms with Gasteiger partial charge in [-0.05, 0) is 25.8 Å². The predicted octanol–water partition coefficient (Wildman–Crippen LogP) is 0.620. The molecule has 4 nitrogen and oxygen atoms in total. The van der Waals surface area contributed by atoms with Crippen LogP contribution in [0.2, 0.25) is 0 Å². The fourth-order valence-corrected chi connectivity index (χ4v) is 2.02. The molecule has 3 N–H and O–H groups in total. The van der Waals surface area contributed by atoms with Crippen molar-refractivity contribution in [3.63, 3.8) is 0 Å². The second-order valence-corrected chi connectivity index (χ2v) is 4.03. The van der Waals surface area contributed by atoms with Crippen molar-refractivity contribution in [1.29, 1.82) is 0 Å². The van der Waals surface area contributed by atoms with Crippen LogP contribution in [0.3, 0.4) is 0 Å². The van der Waals surface area contributed by atoms with Gasteiger partial charge in [-0.15, -0.1) is 0 Å². The minimum absolute atomic E-state index is 0.695. The standard InChI is InChI=1S/C10H18N4/c1-9-5-6-12-10(11,13-9)14-7-3-2-4-8-14/h5-6,13H,2-4,7-8,11H2,1H3. The number of nitrogens with two attached hydrogens (primary N) is 1. The van der Waals surface area contributed by atoms with Gasteiger partial charge in [-0.2, -0.15) is 0 Å². The third-order valence-corrected chi connectivity index (χ3v) is 2.82. The van der Waals surface area contributed by atoms with Crippen LogP contribution < -0.4 is 11.1 Å². The Labute approximate surface area is 84.9 Å². The van der Waals surface area contributed by atoms with E-state index in [4.69, 9.17) is 5.73 Å². The van der Waals surface area contributed by atoms with Crippen LogP contribution in [0, 0.1) is 0 Å². The maximum Gasteiger partial charge on any atom is 0.244 e. The second-order valence-electron chi connectivity index (χ2n) is 4.03. The lowest BCUT2D eigenvalue weighted by Crippen LogP contribution is -2.65. The lowest BCUT2D eigenvalue weighted by molar-refractivity contribution is 0.0563. The molecular weight excluding hydrogens is 176 g/mol. The lowest BCUT2D eigenvalue weighted by Gasteiger charge is -2.41. The SMILES string of the molecule is CC1=CC=NC(N)(N2CCCCC2)N1. The first-order valence-electron chi connectivity index (χ1n) is 5.25. The van der Waals surface area contributed by atoms with Crippen molar-refractivity contribution < 1.29 is 0 Å². The number of nitrogens with zero attached hydrogens (tertiary/aromatic N) is 2. The van der Waals surface area contributed by atoms with Gasteiger partial charge in [-0.3, -0.25) is 5.73 Å². The van der Waals surface area contributed by atoms with Gasteiger partial charge < -0.3 is 5.32 Å². The van der Waals surface area contributed by atoms with Crippen LogP contribution in [-0.4, -0.2) is 30.1 Å². The summed E-state index contributed by atoms with van der Waals surface area (Å²) in [6.45, 7) is 4.08. The highest BCUT2D eigenvalue weighted by Gasteiger charge is 2.33. The molecule has 0 saturated carbocycles. The van der Waals surface area contributed by atoms with Crippen molar-refractivity contribution in [3.8, 4) is 0 Å². The highest BCUT2D eigenvalue weighted by molar-refractivity contribution is 5.73. The summed E-state index contributed by atoms with van der Waals surface area (Å²) in [7, 11) is 0. The zero-order chi connectivity index (χ0) is 10.0. The highest BCUT2D eigenvalue weighted by atomic mass is 15.5. The Morgan fingerprint density at radius 2 is 2.14 bits per heavy atom. The molecule has 0 aliphatic carbocycles. The van der Waals surface area contributed by atoms with Crippen LogP contribution in [0.4, 0.5) is 0 Å². The number of allylic oxidation sites excluding steroid dienone is 2. The smallest absolute Gasteiger partial charge is 0.244 e. The molecule has 2 rings (SSSR count). The van der Waals surface area contributed by atoms with Gasteiger partial charge in [-0.1, -0.05) is 6.42 Å². The van der Waals surface area contributed by atoms with Gasteiger partial charge >= 0.3 is 0 Å². The molecule has 1 saturated heterocycles. The van der Waals surface area contributed by atoms with Gasteiger partial charge in [0.2, 0.25) is 5.91 Å². The van der Waals surface area contributed by atoms with Crippen molar-refractivity contribution in [2.24, 2.45) is 10.7 Å². The molecule has 0 radical (unpaired) electrons. The largest absolute Gasteiger partial charge is 0.340 e. The normalized spacial score (nSPS) is 33.7.